The molecule has 28 aromatic rings. The Morgan fingerprint density at radius 3 is 0.747 bits per heavy atom. The molecule has 34 rings (SSSR count). The van der Waals surface area contributed by atoms with Crippen molar-refractivity contribution >= 4 is 177 Å². The van der Waals surface area contributed by atoms with Gasteiger partial charge in [0.2, 0.25) is 0 Å². The highest BCUT2D eigenvalue weighted by Gasteiger charge is 2.43. The minimum atomic E-state index is -2.31. The van der Waals surface area contributed by atoms with Crippen molar-refractivity contribution < 1.29 is 0 Å². The van der Waals surface area contributed by atoms with Gasteiger partial charge >= 0.3 is 0 Å². The minimum Gasteiger partial charge on any atom is -0.0622 e. The molecule has 2 heteroatoms. The molecule has 0 N–H and O–H groups in total. The van der Waals surface area contributed by atoms with Crippen LogP contribution in [0.2, 0.25) is 26.2 Å². The number of fused-ring (bicyclic) bond motifs is 25. The van der Waals surface area contributed by atoms with Gasteiger partial charge in [-0.2, -0.15) is 0 Å². The molecule has 0 unspecified atom stereocenters. The lowest BCUT2D eigenvalue weighted by Crippen LogP contribution is -2.49. The molecule has 0 fully saturated rings. The fourth-order valence-electron chi connectivity index (χ4n) is 28.6. The molecule has 146 heavy (non-hydrogen) atoms. The van der Waals surface area contributed by atoms with Crippen molar-refractivity contribution in [3.63, 3.8) is 0 Å². The molecule has 28 aromatic carbocycles. The molecular weight excluding hydrogens is 1790 g/mol. The summed E-state index contributed by atoms with van der Waals surface area (Å²) >= 11 is 0. The lowest BCUT2D eigenvalue weighted by molar-refractivity contribution is 1.63. The normalized spacial score (nSPS) is 13.5. The summed E-state index contributed by atoms with van der Waals surface area (Å²) < 4.78 is 0. The van der Waals surface area contributed by atoms with E-state index in [1.807, 2.05) is 0 Å². The van der Waals surface area contributed by atoms with Crippen LogP contribution in [0.15, 0.2) is 461 Å². The Labute approximate surface area is 846 Å². The first-order valence-electron chi connectivity index (χ1n) is 51.6. The van der Waals surface area contributed by atoms with E-state index in [1.54, 1.807) is 0 Å². The fraction of sp³-hybridized carbons (Fsp3) is 0.0278. The van der Waals surface area contributed by atoms with Crippen LogP contribution in [0.4, 0.5) is 0 Å². The van der Waals surface area contributed by atoms with Gasteiger partial charge in [0.1, 0.15) is 16.1 Å². The van der Waals surface area contributed by atoms with Crippen LogP contribution in [0, 0.1) is 0 Å². The van der Waals surface area contributed by atoms with Crippen molar-refractivity contribution in [2.45, 2.75) is 26.2 Å². The van der Waals surface area contributed by atoms with Gasteiger partial charge in [0.15, 0.2) is 0 Å². The van der Waals surface area contributed by atoms with Crippen LogP contribution < -0.4 is 20.7 Å². The number of hydrogen-bond donors (Lipinski definition) is 0. The maximum absolute atomic E-state index is 2.68. The van der Waals surface area contributed by atoms with E-state index in [0.29, 0.717) is 0 Å². The molecule has 0 atom stereocenters. The Balaban J connectivity index is 0.000000128. The summed E-state index contributed by atoms with van der Waals surface area (Å²) in [7, 11) is -4.55. The van der Waals surface area contributed by atoms with Gasteiger partial charge in [-0.25, -0.2) is 0 Å². The Hall–Kier alpha value is -17.8. The number of rotatable bonds is 7. The fourth-order valence-corrected chi connectivity index (χ4v) is 34.7. The van der Waals surface area contributed by atoms with Crippen LogP contribution in [-0.2, 0) is 0 Å². The van der Waals surface area contributed by atoms with Crippen LogP contribution in [0.25, 0.3) is 329 Å². The predicted octanol–water partition coefficient (Wildman–Crippen LogP) is 37.7. The highest BCUT2D eigenvalue weighted by molar-refractivity contribution is 7.04. The van der Waals surface area contributed by atoms with Crippen molar-refractivity contribution in [1.29, 1.82) is 0 Å². The van der Waals surface area contributed by atoms with Crippen LogP contribution in [0.5, 0.6) is 0 Å². The van der Waals surface area contributed by atoms with Gasteiger partial charge in [0.25, 0.3) is 0 Å². The molecule has 0 radical (unpaired) electrons. The Bertz CT molecular complexity index is 10700. The third kappa shape index (κ3) is 10.8. The van der Waals surface area contributed by atoms with Gasteiger partial charge in [-0.15, -0.1) is 0 Å². The molecule has 6 aliphatic rings. The molecule has 0 saturated carbocycles. The average molecular weight is 1870 g/mol. The molecule has 2 heterocycles. The average Bonchev–Trinajstić information content (AvgIpc) is 1.47. The zero-order valence-corrected chi connectivity index (χ0v) is 82.9. The van der Waals surface area contributed by atoms with Gasteiger partial charge < -0.3 is 0 Å². The van der Waals surface area contributed by atoms with Crippen molar-refractivity contribution in [3.8, 4) is 189 Å². The molecule has 0 spiro atoms. The second kappa shape index (κ2) is 29.5. The largest absolute Gasteiger partial charge is 0.113 e. The summed E-state index contributed by atoms with van der Waals surface area (Å²) in [6.07, 6.45) is 0. The van der Waals surface area contributed by atoms with E-state index in [1.165, 1.54) is 350 Å². The summed E-state index contributed by atoms with van der Waals surface area (Å²) in [5.74, 6) is 0. The third-order valence-electron chi connectivity index (χ3n) is 35.0. The summed E-state index contributed by atoms with van der Waals surface area (Å²) in [6.45, 7) is 10.4. The molecular formula is C144H88Si2. The number of benzene rings is 28. The lowest BCUT2D eigenvalue weighted by Gasteiger charge is -2.24. The van der Waals surface area contributed by atoms with Crippen molar-refractivity contribution in [2.24, 2.45) is 0 Å². The van der Waals surface area contributed by atoms with E-state index in [9.17, 15) is 0 Å². The van der Waals surface area contributed by atoms with E-state index in [0.717, 1.165) is 0 Å². The molecule has 0 saturated heterocycles. The smallest absolute Gasteiger partial charge is 0.0622 e. The Morgan fingerprint density at radius 2 is 0.356 bits per heavy atom. The molecule has 0 nitrogen and oxygen atoms in total. The first-order chi connectivity index (χ1) is 72.0. The van der Waals surface area contributed by atoms with E-state index in [-0.39, 0.29) is 0 Å². The molecule has 0 amide bonds. The summed E-state index contributed by atoms with van der Waals surface area (Å²) in [5, 5.41) is 40.4. The lowest BCUT2D eigenvalue weighted by atomic mass is 9.82. The zero-order valence-electron chi connectivity index (χ0n) is 80.9. The summed E-state index contributed by atoms with van der Waals surface area (Å²) in [4.78, 5) is 0. The standard InChI is InChI=1S/C74H44Si.C70H44Si/c1-75(2)67-38-42(43-32-33-61-53-23-10-15-41-14-9-22-52(69(41)53)56-27-11-24-49(43)70(56)61)30-31-48(67)64-39-65-66(40-68(64)75)74(63-37-35-60-47-19-6-4-17-45(47)51-26-13-29-58(63)72(51)60)55-21-8-7-20-54(55)73(65)62-36-34-59-46-18-5-3-16-44(46)50-25-12-28-57(62)71(50)59;1-71(2)65-38-46(45-29-28-43-36-42(26-27-44(43)37-45)41-14-4-3-5-15-41)30-31-51(65)62-39-63-64(40-66(62)71)70(61-35-33-59-50-19-9-7-17-48(50)53-23-13-25-57(61)68(53)59)55-21-11-10-20-54(55)69(63)60-34-32-58-49-18-8-6-16-47(49)52-22-12-24-56(60)67(52)58/h3-40H,1-2H3;3-40H,1-2H3. The van der Waals surface area contributed by atoms with Crippen molar-refractivity contribution in [1.82, 2.24) is 0 Å². The molecule has 4 aliphatic carbocycles. The maximum Gasteiger partial charge on any atom is 0.113 e. The Kier molecular flexibility index (Phi) is 16.3. The first-order valence-corrected chi connectivity index (χ1v) is 57.6. The third-order valence-corrected chi connectivity index (χ3v) is 42.1. The molecule has 2 aliphatic heterocycles. The van der Waals surface area contributed by atoms with Gasteiger partial charge in [0, 0.05) is 0 Å². The van der Waals surface area contributed by atoms with E-state index < -0.39 is 16.1 Å². The second-order valence-corrected chi connectivity index (χ2v) is 51.4. The van der Waals surface area contributed by atoms with Gasteiger partial charge in [-0.05, 0) is 374 Å². The van der Waals surface area contributed by atoms with E-state index >= 15 is 0 Å². The maximum atomic E-state index is 2.68. The minimum absolute atomic E-state index is 1.25. The van der Waals surface area contributed by atoms with Crippen molar-refractivity contribution in [2.75, 3.05) is 0 Å². The monoisotopic (exact) mass is 1870 g/mol. The predicted molar refractivity (Wildman–Crippen MR) is 632 cm³/mol. The van der Waals surface area contributed by atoms with Crippen molar-refractivity contribution in [3.05, 3.63) is 461 Å². The van der Waals surface area contributed by atoms with Gasteiger partial charge in [-0.3, -0.25) is 0 Å². The van der Waals surface area contributed by atoms with Crippen LogP contribution in [-0.4, -0.2) is 16.1 Å². The number of hydrogen-bond acceptors (Lipinski definition) is 0. The zero-order chi connectivity index (χ0) is 95.7. The first kappa shape index (κ1) is 80.9. The molecule has 672 valence electrons. The SMILES string of the molecule is C[Si]1(C)c2cc(-c3ccc4c5cccc6cccc(c7cccc3c74)c65)ccc2-c2cc3c(-c4ccc5c6c(cccc46)-c4ccccc4-5)c4ccccc4c(-c4ccc5c6c(cccc46)-c4ccccc4-5)c3cc21.C[Si]1(C)c2cc(-c3ccc4cc(-c5ccccc5)ccc4c3)ccc2-c2cc3c(-c4ccc5c6c(cccc46)-c4ccccc4-5)c4ccccc4c(-c4ccc5c6c(cccc46)-c4ccccc4-5)c3cc21. The topological polar surface area (TPSA) is 0 Å². The van der Waals surface area contributed by atoms with Gasteiger partial charge in [-0.1, -0.05) is 463 Å². The summed E-state index contributed by atoms with van der Waals surface area (Å²) in [6, 6.07) is 177. The highest BCUT2D eigenvalue weighted by atomic mass is 28.3. The van der Waals surface area contributed by atoms with Crippen LogP contribution in [0.1, 0.15) is 0 Å². The highest BCUT2D eigenvalue weighted by Crippen LogP contribution is 2.60. The van der Waals surface area contributed by atoms with Crippen LogP contribution >= 0.6 is 0 Å². The Morgan fingerprint density at radius 1 is 0.110 bits per heavy atom. The summed E-state index contributed by atoms with van der Waals surface area (Å²) in [5.41, 5.74) is 44.9. The molecule has 0 aromatic heterocycles. The van der Waals surface area contributed by atoms with Gasteiger partial charge in [0.05, 0.1) is 0 Å². The second-order valence-electron chi connectivity index (χ2n) is 42.7. The molecule has 0 bridgehead atoms. The van der Waals surface area contributed by atoms with E-state index in [2.05, 4.69) is 487 Å². The van der Waals surface area contributed by atoms with E-state index in [4.69, 9.17) is 0 Å². The quantitative estimate of drug-likeness (QED) is 0.0848. The van der Waals surface area contributed by atoms with Crippen LogP contribution in [0.3, 0.4) is 0 Å².